The van der Waals surface area contributed by atoms with Gasteiger partial charge in [0.15, 0.2) is 0 Å². The van der Waals surface area contributed by atoms with Gasteiger partial charge in [-0.25, -0.2) is 15.2 Å². The number of hydrogen-bond donors (Lipinski definition) is 2. The van der Waals surface area contributed by atoms with Crippen molar-refractivity contribution in [2.24, 2.45) is 0 Å². The maximum Gasteiger partial charge on any atom is 0.333 e. The van der Waals surface area contributed by atoms with Gasteiger partial charge in [-0.1, -0.05) is 6.07 Å². The molecule has 0 aromatic carbocycles. The number of nitrogens with one attached hydrogen (secondary N) is 2. The second kappa shape index (κ2) is 3.83. The number of hydrazine groups is 1. The molecule has 1 fully saturated rings. The van der Waals surface area contributed by atoms with Gasteiger partial charge in [-0.2, -0.15) is 0 Å². The number of halogens is 1. The third kappa shape index (κ3) is 1.95. The molecule has 1 saturated heterocycles. The fourth-order valence-electron chi connectivity index (χ4n) is 1.22. The summed E-state index contributed by atoms with van der Waals surface area (Å²) in [5.41, 5.74) is 2.66. The van der Waals surface area contributed by atoms with Gasteiger partial charge >= 0.3 is 6.03 Å². The minimum Gasteiger partial charge on any atom is -0.335 e. The van der Waals surface area contributed by atoms with E-state index >= 15 is 0 Å². The molecule has 2 rings (SSSR count). The number of rotatable bonds is 1. The Kier molecular flexibility index (Phi) is 2.53. The van der Waals surface area contributed by atoms with E-state index in [1.807, 2.05) is 18.2 Å². The molecule has 2 heterocycles. The van der Waals surface area contributed by atoms with Crippen molar-refractivity contribution in [3.8, 4) is 0 Å². The number of aromatic nitrogens is 1. The molecule has 0 unspecified atom stereocenters. The van der Waals surface area contributed by atoms with E-state index in [9.17, 15) is 4.79 Å². The number of carbonyl (C=O) groups is 1. The summed E-state index contributed by atoms with van der Waals surface area (Å²) in [6.07, 6.45) is 0. The molecule has 0 aliphatic carbocycles. The zero-order chi connectivity index (χ0) is 9.97. The van der Waals surface area contributed by atoms with Crippen LogP contribution in [0.25, 0.3) is 0 Å². The van der Waals surface area contributed by atoms with Crippen molar-refractivity contribution in [3.05, 3.63) is 22.8 Å². The van der Waals surface area contributed by atoms with Gasteiger partial charge < -0.3 is 5.32 Å². The van der Waals surface area contributed by atoms with Crippen LogP contribution in [0.5, 0.6) is 0 Å². The Morgan fingerprint density at radius 1 is 1.50 bits per heavy atom. The van der Waals surface area contributed by atoms with Crippen molar-refractivity contribution in [1.29, 1.82) is 0 Å². The van der Waals surface area contributed by atoms with Crippen LogP contribution in [0.2, 0.25) is 0 Å². The maximum absolute atomic E-state index is 11.0. The molecule has 1 aliphatic rings. The number of amides is 2. The van der Waals surface area contributed by atoms with Gasteiger partial charge in [0.2, 0.25) is 0 Å². The fourth-order valence-corrected chi connectivity index (χ4v) is 1.55. The smallest absolute Gasteiger partial charge is 0.333 e. The number of hydrogen-bond acceptors (Lipinski definition) is 3. The molecule has 0 spiro atoms. The lowest BCUT2D eigenvalue weighted by Gasteiger charge is -2.28. The van der Waals surface area contributed by atoms with Crippen LogP contribution in [-0.4, -0.2) is 24.1 Å². The number of nitrogens with zero attached hydrogens (tertiary/aromatic N) is 2. The molecule has 0 atom stereocenters. The van der Waals surface area contributed by atoms with Crippen molar-refractivity contribution in [1.82, 2.24) is 15.7 Å². The Balaban J connectivity index is 2.17. The lowest BCUT2D eigenvalue weighted by Crippen LogP contribution is -2.56. The van der Waals surface area contributed by atoms with Crippen LogP contribution < -0.4 is 15.8 Å². The lowest BCUT2D eigenvalue weighted by atomic mass is 10.4. The zero-order valence-electron chi connectivity index (χ0n) is 7.33. The minimum atomic E-state index is -0.196. The van der Waals surface area contributed by atoms with E-state index in [0.717, 1.165) is 10.4 Å². The standard InChI is InChI=1S/C8H9BrN4O/c9-6-2-1-3-7(11-6)13-5-4-10-8(14)12-13/h1-3H,4-5H2,(H2,10,12,14). The third-order valence-electron chi connectivity index (χ3n) is 1.83. The van der Waals surface area contributed by atoms with E-state index in [1.165, 1.54) is 0 Å². The van der Waals surface area contributed by atoms with E-state index in [1.54, 1.807) is 5.01 Å². The predicted octanol–water partition coefficient (Wildman–Crippen LogP) is 0.878. The number of anilines is 1. The molecule has 1 aliphatic heterocycles. The molecule has 1 aromatic rings. The highest BCUT2D eigenvalue weighted by Crippen LogP contribution is 2.13. The Morgan fingerprint density at radius 3 is 3.07 bits per heavy atom. The topological polar surface area (TPSA) is 57.3 Å². The quantitative estimate of drug-likeness (QED) is 0.734. The highest BCUT2D eigenvalue weighted by molar-refractivity contribution is 9.10. The van der Waals surface area contributed by atoms with Crippen molar-refractivity contribution in [2.45, 2.75) is 0 Å². The first kappa shape index (κ1) is 9.26. The molecule has 2 amide bonds. The Labute approximate surface area is 89.6 Å². The molecule has 5 nitrogen and oxygen atoms in total. The molecule has 74 valence electrons. The second-order valence-corrected chi connectivity index (χ2v) is 3.65. The molecular formula is C8H9BrN4O. The molecule has 2 N–H and O–H groups in total. The minimum absolute atomic E-state index is 0.196. The van der Waals surface area contributed by atoms with Gasteiger partial charge in [-0.15, -0.1) is 0 Å². The number of urea groups is 1. The van der Waals surface area contributed by atoms with Gasteiger partial charge in [0.1, 0.15) is 10.4 Å². The summed E-state index contributed by atoms with van der Waals surface area (Å²) in [6.45, 7) is 1.33. The normalized spacial score (nSPS) is 16.1. The highest BCUT2D eigenvalue weighted by atomic mass is 79.9. The summed E-state index contributed by atoms with van der Waals surface area (Å²) in [7, 11) is 0. The van der Waals surface area contributed by atoms with Gasteiger partial charge in [0, 0.05) is 6.54 Å². The van der Waals surface area contributed by atoms with Crippen LogP contribution in [0, 0.1) is 0 Å². The first-order chi connectivity index (χ1) is 6.75. The first-order valence-corrected chi connectivity index (χ1v) is 4.99. The molecule has 0 bridgehead atoms. The largest absolute Gasteiger partial charge is 0.335 e. The van der Waals surface area contributed by atoms with Crippen LogP contribution in [0.3, 0.4) is 0 Å². The second-order valence-electron chi connectivity index (χ2n) is 2.84. The van der Waals surface area contributed by atoms with E-state index in [2.05, 4.69) is 31.7 Å². The summed E-state index contributed by atoms with van der Waals surface area (Å²) in [5.74, 6) is 0.731. The summed E-state index contributed by atoms with van der Waals surface area (Å²) in [6, 6.07) is 5.36. The van der Waals surface area contributed by atoms with Crippen LogP contribution in [-0.2, 0) is 0 Å². The predicted molar refractivity (Wildman–Crippen MR) is 55.8 cm³/mol. The Hall–Kier alpha value is -1.30. The average molecular weight is 257 g/mol. The van der Waals surface area contributed by atoms with Crippen molar-refractivity contribution in [3.63, 3.8) is 0 Å². The Bertz CT molecular complexity index is 357. The summed E-state index contributed by atoms with van der Waals surface area (Å²) < 4.78 is 0.753. The first-order valence-electron chi connectivity index (χ1n) is 4.20. The van der Waals surface area contributed by atoms with Crippen LogP contribution >= 0.6 is 15.9 Å². The highest BCUT2D eigenvalue weighted by Gasteiger charge is 2.15. The SMILES string of the molecule is O=C1NCCN(c2cccc(Br)n2)N1. The van der Waals surface area contributed by atoms with E-state index < -0.39 is 0 Å². The Morgan fingerprint density at radius 2 is 2.36 bits per heavy atom. The molecule has 0 radical (unpaired) electrons. The average Bonchev–Trinajstić information content (AvgIpc) is 2.18. The van der Waals surface area contributed by atoms with E-state index in [0.29, 0.717) is 13.1 Å². The maximum atomic E-state index is 11.0. The van der Waals surface area contributed by atoms with Gasteiger partial charge in [-0.05, 0) is 28.1 Å². The van der Waals surface area contributed by atoms with Crippen molar-refractivity contribution < 1.29 is 4.79 Å². The lowest BCUT2D eigenvalue weighted by molar-refractivity contribution is 0.235. The molecular weight excluding hydrogens is 248 g/mol. The summed E-state index contributed by atoms with van der Waals surface area (Å²) in [5, 5.41) is 4.38. The van der Waals surface area contributed by atoms with Crippen molar-refractivity contribution in [2.75, 3.05) is 18.1 Å². The van der Waals surface area contributed by atoms with E-state index in [4.69, 9.17) is 0 Å². The van der Waals surface area contributed by atoms with Crippen LogP contribution in [0.1, 0.15) is 0 Å². The molecule has 0 saturated carbocycles. The molecule has 1 aromatic heterocycles. The van der Waals surface area contributed by atoms with Gasteiger partial charge in [0.05, 0.1) is 6.54 Å². The summed E-state index contributed by atoms with van der Waals surface area (Å²) in [4.78, 5) is 15.3. The van der Waals surface area contributed by atoms with Gasteiger partial charge in [-0.3, -0.25) is 5.01 Å². The fraction of sp³-hybridized carbons (Fsp3) is 0.250. The van der Waals surface area contributed by atoms with Crippen molar-refractivity contribution >= 4 is 27.8 Å². The zero-order valence-corrected chi connectivity index (χ0v) is 8.91. The monoisotopic (exact) mass is 256 g/mol. The number of pyridine rings is 1. The van der Waals surface area contributed by atoms with Crippen LogP contribution in [0.4, 0.5) is 10.6 Å². The molecule has 14 heavy (non-hydrogen) atoms. The van der Waals surface area contributed by atoms with Gasteiger partial charge in [0.25, 0.3) is 0 Å². The number of carbonyl (C=O) groups excluding carboxylic acids is 1. The third-order valence-corrected chi connectivity index (χ3v) is 2.28. The van der Waals surface area contributed by atoms with E-state index in [-0.39, 0.29) is 6.03 Å². The molecule has 6 heteroatoms. The van der Waals surface area contributed by atoms with Crippen LogP contribution in [0.15, 0.2) is 22.8 Å². The summed E-state index contributed by atoms with van der Waals surface area (Å²) >= 11 is 3.28.